The van der Waals surface area contributed by atoms with Crippen molar-refractivity contribution in [3.63, 3.8) is 0 Å². The lowest BCUT2D eigenvalue weighted by molar-refractivity contribution is -0.118. The number of amides is 1. The lowest BCUT2D eigenvalue weighted by atomic mass is 10.1. The molecule has 194 valence electrons. The van der Waals surface area contributed by atoms with E-state index in [9.17, 15) is 9.59 Å². The SMILES string of the molecule is CCNC.Cc1cc(N2CCN(C=O)CC2)c2c(=O)cc(NC3=CCCC=C3)n(-c3ccccc3)c2n1. The maximum absolute atomic E-state index is 13.5. The Labute approximate surface area is 218 Å². The van der Waals surface area contributed by atoms with Crippen molar-refractivity contribution < 1.29 is 4.79 Å². The smallest absolute Gasteiger partial charge is 0.209 e. The Morgan fingerprint density at radius 1 is 1.05 bits per heavy atom. The van der Waals surface area contributed by atoms with Crippen LogP contribution >= 0.6 is 0 Å². The molecule has 2 aliphatic rings. The molecule has 1 amide bonds. The number of pyridine rings is 2. The predicted octanol–water partition coefficient (Wildman–Crippen LogP) is 3.84. The van der Waals surface area contributed by atoms with Crippen LogP contribution in [-0.4, -0.2) is 60.6 Å². The van der Waals surface area contributed by atoms with Gasteiger partial charge in [-0.25, -0.2) is 4.98 Å². The molecule has 8 nitrogen and oxygen atoms in total. The highest BCUT2D eigenvalue weighted by Gasteiger charge is 2.22. The molecule has 3 aromatic rings. The first-order valence-corrected chi connectivity index (χ1v) is 12.9. The maximum Gasteiger partial charge on any atom is 0.209 e. The highest BCUT2D eigenvalue weighted by molar-refractivity contribution is 5.92. The third-order valence-electron chi connectivity index (χ3n) is 6.51. The quantitative estimate of drug-likeness (QED) is 0.501. The van der Waals surface area contributed by atoms with Gasteiger partial charge in [0.1, 0.15) is 5.82 Å². The number of carbonyl (C=O) groups excluding carboxylic acids is 1. The van der Waals surface area contributed by atoms with Gasteiger partial charge in [0.15, 0.2) is 11.1 Å². The van der Waals surface area contributed by atoms with E-state index in [1.807, 2.05) is 54.9 Å². The van der Waals surface area contributed by atoms with E-state index in [-0.39, 0.29) is 5.43 Å². The molecule has 0 bridgehead atoms. The number of hydrogen-bond acceptors (Lipinski definition) is 6. The average molecular weight is 501 g/mol. The van der Waals surface area contributed by atoms with Crippen LogP contribution in [0.2, 0.25) is 0 Å². The molecule has 8 heteroatoms. The monoisotopic (exact) mass is 500 g/mol. The lowest BCUT2D eigenvalue weighted by Gasteiger charge is -2.35. The van der Waals surface area contributed by atoms with Crippen LogP contribution in [0.5, 0.6) is 0 Å². The van der Waals surface area contributed by atoms with Crippen LogP contribution in [0.1, 0.15) is 25.5 Å². The molecule has 0 spiro atoms. The third-order valence-corrected chi connectivity index (χ3v) is 6.51. The second-order valence-electron chi connectivity index (χ2n) is 9.15. The summed E-state index contributed by atoms with van der Waals surface area (Å²) in [6.07, 6.45) is 9.21. The summed E-state index contributed by atoms with van der Waals surface area (Å²) >= 11 is 0. The number of benzene rings is 1. The van der Waals surface area contributed by atoms with Crippen LogP contribution in [-0.2, 0) is 4.79 Å². The molecule has 0 saturated carbocycles. The summed E-state index contributed by atoms with van der Waals surface area (Å²) in [7, 11) is 1.93. The van der Waals surface area contributed by atoms with E-state index < -0.39 is 0 Å². The fourth-order valence-corrected chi connectivity index (χ4v) is 4.52. The molecule has 1 fully saturated rings. The van der Waals surface area contributed by atoms with Crippen LogP contribution in [0, 0.1) is 6.92 Å². The zero-order valence-electron chi connectivity index (χ0n) is 21.9. The third kappa shape index (κ3) is 6.09. The summed E-state index contributed by atoms with van der Waals surface area (Å²) < 4.78 is 2.03. The minimum absolute atomic E-state index is 0.0691. The van der Waals surface area contributed by atoms with Crippen molar-refractivity contribution in [2.45, 2.75) is 26.7 Å². The molecule has 3 heterocycles. The number of anilines is 2. The molecule has 1 aliphatic carbocycles. The normalized spacial score (nSPS) is 15.2. The number of carbonyl (C=O) groups is 1. The molecule has 1 aliphatic heterocycles. The first-order valence-electron chi connectivity index (χ1n) is 12.9. The first-order chi connectivity index (χ1) is 18.0. The second kappa shape index (κ2) is 12.4. The Kier molecular flexibility index (Phi) is 8.74. The van der Waals surface area contributed by atoms with E-state index in [4.69, 9.17) is 4.98 Å². The lowest BCUT2D eigenvalue weighted by Crippen LogP contribution is -2.46. The molecule has 0 radical (unpaired) electrons. The zero-order valence-corrected chi connectivity index (χ0v) is 21.9. The van der Waals surface area contributed by atoms with Gasteiger partial charge in [-0.1, -0.05) is 37.3 Å². The first kappa shape index (κ1) is 26.2. The summed E-state index contributed by atoms with van der Waals surface area (Å²) in [4.78, 5) is 33.4. The summed E-state index contributed by atoms with van der Waals surface area (Å²) in [5.74, 6) is 0.686. The molecule has 1 saturated heterocycles. The number of aryl methyl sites for hydroxylation is 1. The summed E-state index contributed by atoms with van der Waals surface area (Å²) in [6.45, 7) is 7.73. The Hall–Kier alpha value is -3.91. The van der Waals surface area contributed by atoms with Crippen LogP contribution < -0.4 is 21.0 Å². The molecule has 2 aromatic heterocycles. The fraction of sp³-hybridized carbons (Fsp3) is 0.345. The number of fused-ring (bicyclic) bond motifs is 1. The Morgan fingerprint density at radius 2 is 1.78 bits per heavy atom. The topological polar surface area (TPSA) is 82.5 Å². The van der Waals surface area contributed by atoms with Crippen LogP contribution in [0.25, 0.3) is 16.7 Å². The minimum Gasteiger partial charge on any atom is -0.367 e. The number of nitrogens with one attached hydrogen (secondary N) is 2. The van der Waals surface area contributed by atoms with Crippen LogP contribution in [0.3, 0.4) is 0 Å². The summed E-state index contributed by atoms with van der Waals surface area (Å²) in [6, 6.07) is 13.6. The fourth-order valence-electron chi connectivity index (χ4n) is 4.52. The molecule has 37 heavy (non-hydrogen) atoms. The van der Waals surface area contributed by atoms with Crippen LogP contribution in [0.15, 0.2) is 71.2 Å². The number of para-hydroxylation sites is 1. The van der Waals surface area contributed by atoms with Gasteiger partial charge in [0.25, 0.3) is 0 Å². The van der Waals surface area contributed by atoms with E-state index in [1.165, 1.54) is 0 Å². The number of rotatable bonds is 6. The van der Waals surface area contributed by atoms with Gasteiger partial charge in [0.2, 0.25) is 6.41 Å². The average Bonchev–Trinajstić information content (AvgIpc) is 2.94. The summed E-state index contributed by atoms with van der Waals surface area (Å²) in [5.41, 5.74) is 4.18. The molecule has 0 atom stereocenters. The van der Waals surface area contributed by atoms with Crippen molar-refractivity contribution >= 4 is 28.9 Å². The maximum atomic E-state index is 13.5. The second-order valence-corrected chi connectivity index (χ2v) is 9.15. The van der Waals surface area contributed by atoms with Gasteiger partial charge in [-0.15, -0.1) is 0 Å². The van der Waals surface area contributed by atoms with Crippen LogP contribution in [0.4, 0.5) is 11.5 Å². The van der Waals surface area contributed by atoms with Gasteiger partial charge in [0, 0.05) is 49.3 Å². The zero-order chi connectivity index (χ0) is 26.2. The van der Waals surface area contributed by atoms with Gasteiger partial charge in [-0.05, 0) is 57.6 Å². The van der Waals surface area contributed by atoms with Crippen molar-refractivity contribution in [2.75, 3.05) is 50.0 Å². The van der Waals surface area contributed by atoms with E-state index in [0.29, 0.717) is 43.0 Å². The Bertz CT molecular complexity index is 1340. The number of piperazine rings is 1. The number of hydrogen-bond donors (Lipinski definition) is 2. The van der Waals surface area contributed by atoms with Crippen molar-refractivity contribution in [1.82, 2.24) is 19.8 Å². The van der Waals surface area contributed by atoms with Crippen molar-refractivity contribution in [3.8, 4) is 5.69 Å². The largest absolute Gasteiger partial charge is 0.367 e. The van der Waals surface area contributed by atoms with Gasteiger partial charge in [0.05, 0.1) is 11.1 Å². The number of allylic oxidation sites excluding steroid dienone is 3. The number of nitrogens with zero attached hydrogens (tertiary/aromatic N) is 4. The standard InChI is InChI=1S/C26H27N5O2.C3H9N/c1-19-16-22(30-14-12-29(18-32)13-15-30)25-23(33)17-24(28-20-8-4-2-5-9-20)31(26(25)27-19)21-10-6-3-7-11-21;1-3-4-2/h3-4,6-11,16-18,28H,2,5,12-15H2,1H3;4H,3H2,1-2H3. The predicted molar refractivity (Wildman–Crippen MR) is 152 cm³/mol. The van der Waals surface area contributed by atoms with Gasteiger partial charge < -0.3 is 20.4 Å². The van der Waals surface area contributed by atoms with Gasteiger partial charge >= 0.3 is 0 Å². The minimum atomic E-state index is -0.0691. The highest BCUT2D eigenvalue weighted by atomic mass is 16.1. The van der Waals surface area contributed by atoms with Crippen molar-refractivity contribution in [1.29, 1.82) is 0 Å². The Balaban J connectivity index is 0.000000747. The highest BCUT2D eigenvalue weighted by Crippen LogP contribution is 2.30. The van der Waals surface area contributed by atoms with E-state index in [0.717, 1.165) is 48.6 Å². The molecule has 5 rings (SSSR count). The van der Waals surface area contributed by atoms with Crippen molar-refractivity contribution in [2.24, 2.45) is 0 Å². The van der Waals surface area contributed by atoms with E-state index in [1.54, 1.807) is 11.0 Å². The molecule has 2 N–H and O–H groups in total. The molecule has 1 aromatic carbocycles. The number of aromatic nitrogens is 2. The molecular weight excluding hydrogens is 464 g/mol. The van der Waals surface area contributed by atoms with E-state index in [2.05, 4.69) is 40.7 Å². The van der Waals surface area contributed by atoms with Gasteiger partial charge in [-0.2, -0.15) is 0 Å². The summed E-state index contributed by atoms with van der Waals surface area (Å²) in [5, 5.41) is 6.98. The molecular formula is C29H36N6O2. The van der Waals surface area contributed by atoms with Crippen molar-refractivity contribution in [3.05, 3.63) is 82.3 Å². The van der Waals surface area contributed by atoms with E-state index >= 15 is 0 Å². The Morgan fingerprint density at radius 3 is 2.41 bits per heavy atom. The van der Waals surface area contributed by atoms with Gasteiger partial charge in [-0.3, -0.25) is 14.2 Å². The molecule has 0 unspecified atom stereocenters.